The van der Waals surface area contributed by atoms with Crippen LogP contribution in [-0.2, 0) is 0 Å². The summed E-state index contributed by atoms with van der Waals surface area (Å²) in [5.74, 6) is 0. The van der Waals surface area contributed by atoms with Crippen molar-refractivity contribution in [2.75, 3.05) is 11.5 Å². The molecule has 3 heteroatoms. The fourth-order valence-electron chi connectivity index (χ4n) is 1.04. The van der Waals surface area contributed by atoms with Crippen LogP contribution in [0.3, 0.4) is 0 Å². The minimum atomic E-state index is -0.961. The molecule has 0 aromatic rings. The molecule has 0 aliphatic heterocycles. The molecular weight excluding hydrogens is 305 g/mol. The number of nitrogens with one attached hydrogen (secondary N) is 1. The van der Waals surface area contributed by atoms with Crippen molar-refractivity contribution >= 4 is 32.4 Å². The number of hydrogen-bond acceptors (Lipinski definition) is 2. The Balaban J connectivity index is 3.90. The molecule has 14 heavy (non-hydrogen) atoms. The Bertz CT molecular complexity index is 150. The number of thiol groups is 1. The van der Waals surface area contributed by atoms with Gasteiger partial charge in [0.15, 0.2) is 0 Å². The van der Waals surface area contributed by atoms with Crippen molar-refractivity contribution in [2.45, 2.75) is 35.9 Å². The van der Waals surface area contributed by atoms with Gasteiger partial charge in [-0.2, -0.15) is 0 Å². The van der Waals surface area contributed by atoms with Gasteiger partial charge in [-0.1, -0.05) is 0 Å². The summed E-state index contributed by atoms with van der Waals surface area (Å²) in [5.41, 5.74) is 0. The zero-order valence-electron chi connectivity index (χ0n) is 9.30. The third kappa shape index (κ3) is 6.87. The predicted molar refractivity (Wildman–Crippen MR) is 79.4 cm³/mol. The average molecular weight is 328 g/mol. The summed E-state index contributed by atoms with van der Waals surface area (Å²) in [4.78, 5) is 0. The molecule has 0 aromatic heterocycles. The van der Waals surface area contributed by atoms with Crippen LogP contribution in [0.25, 0.3) is 0 Å². The Labute approximate surface area is 102 Å². The molecule has 0 saturated carbocycles. The summed E-state index contributed by atoms with van der Waals surface area (Å²) in [6.45, 7) is 6.11. The van der Waals surface area contributed by atoms with Gasteiger partial charge in [0.1, 0.15) is 0 Å². The summed E-state index contributed by atoms with van der Waals surface area (Å²) in [6.07, 6.45) is 6.97. The van der Waals surface area contributed by atoms with Gasteiger partial charge in [0.05, 0.1) is 0 Å². The van der Waals surface area contributed by atoms with Crippen LogP contribution in [0, 0.1) is 6.92 Å². The van der Waals surface area contributed by atoms with Gasteiger partial charge in [0, 0.05) is 0 Å². The molecule has 0 heterocycles. The van der Waals surface area contributed by atoms with Crippen LogP contribution in [0.2, 0.25) is 0 Å². The first-order chi connectivity index (χ1) is 6.76. The zero-order chi connectivity index (χ0) is 10.8. The van der Waals surface area contributed by atoms with E-state index < -0.39 is 19.8 Å². The fraction of sp³-hybridized carbons (Fsp3) is 0.727. The molecule has 1 N–H and O–H groups in total. The van der Waals surface area contributed by atoms with E-state index in [1.54, 1.807) is 0 Å². The quantitative estimate of drug-likeness (QED) is 0.227. The molecule has 0 aliphatic rings. The Morgan fingerprint density at radius 1 is 1.50 bits per heavy atom. The van der Waals surface area contributed by atoms with Crippen LogP contribution >= 0.6 is 32.4 Å². The number of alkyl halides is 2. The molecule has 0 aromatic carbocycles. The van der Waals surface area contributed by atoms with Crippen LogP contribution in [0.4, 0.5) is 0 Å². The van der Waals surface area contributed by atoms with Gasteiger partial charge in [-0.15, -0.1) is 0 Å². The SMILES string of the molecule is [CH2+]CCCCI(/C=C\NC)[C@H](S)CC. The molecule has 1 nitrogen and oxygen atoms in total. The van der Waals surface area contributed by atoms with E-state index in [0.29, 0.717) is 3.26 Å². The molecule has 0 bridgehead atoms. The molecule has 0 amide bonds. The molecule has 0 rings (SSSR count). The Morgan fingerprint density at radius 2 is 2.21 bits per heavy atom. The first-order valence-corrected chi connectivity index (χ1v) is 9.73. The molecule has 0 radical (unpaired) electrons. The number of hydrogen-bond donors (Lipinski definition) is 2. The van der Waals surface area contributed by atoms with Crippen LogP contribution in [0.1, 0.15) is 32.6 Å². The Morgan fingerprint density at radius 3 is 2.71 bits per heavy atom. The van der Waals surface area contributed by atoms with Crippen LogP contribution in [0.5, 0.6) is 0 Å². The monoisotopic (exact) mass is 328 g/mol. The third-order valence-corrected chi connectivity index (χ3v) is 9.97. The fourth-order valence-corrected chi connectivity index (χ4v) is 7.06. The number of unbranched alkanes of at least 4 members (excludes halogenated alkanes) is 2. The van der Waals surface area contributed by atoms with Crippen molar-refractivity contribution in [1.82, 2.24) is 5.32 Å². The maximum absolute atomic E-state index is 4.67. The van der Waals surface area contributed by atoms with Gasteiger partial charge in [0.25, 0.3) is 0 Å². The second kappa shape index (κ2) is 10.0. The average Bonchev–Trinajstić information content (AvgIpc) is 2.22. The Hall–Kier alpha value is 0.490. The van der Waals surface area contributed by atoms with Gasteiger partial charge in [0.2, 0.25) is 0 Å². The van der Waals surface area contributed by atoms with E-state index in [0.717, 1.165) is 6.42 Å². The van der Waals surface area contributed by atoms with Gasteiger partial charge in [-0.3, -0.25) is 0 Å². The van der Waals surface area contributed by atoms with E-state index in [-0.39, 0.29) is 0 Å². The predicted octanol–water partition coefficient (Wildman–Crippen LogP) is 3.85. The molecule has 84 valence electrons. The number of halogens is 1. The third-order valence-electron chi connectivity index (χ3n) is 1.90. The molecular formula is C11H23INS+. The van der Waals surface area contributed by atoms with E-state index in [2.05, 4.69) is 42.1 Å². The van der Waals surface area contributed by atoms with Crippen LogP contribution in [-0.4, -0.2) is 14.7 Å². The summed E-state index contributed by atoms with van der Waals surface area (Å²) in [5, 5.41) is 3.08. The molecule has 0 spiro atoms. The van der Waals surface area contributed by atoms with Crippen molar-refractivity contribution in [3.05, 3.63) is 17.2 Å². The maximum atomic E-state index is 4.67. The van der Waals surface area contributed by atoms with E-state index in [1.165, 1.54) is 23.7 Å². The summed E-state index contributed by atoms with van der Waals surface area (Å²) in [6, 6.07) is 0. The minimum absolute atomic E-state index is 0.647. The molecule has 0 aliphatic carbocycles. The van der Waals surface area contributed by atoms with E-state index in [4.69, 9.17) is 0 Å². The number of rotatable bonds is 8. The first-order valence-electron chi connectivity index (χ1n) is 5.20. The van der Waals surface area contributed by atoms with E-state index in [1.807, 2.05) is 7.05 Å². The van der Waals surface area contributed by atoms with Crippen molar-refractivity contribution in [2.24, 2.45) is 0 Å². The first kappa shape index (κ1) is 14.5. The second-order valence-electron chi connectivity index (χ2n) is 3.11. The van der Waals surface area contributed by atoms with Crippen molar-refractivity contribution in [1.29, 1.82) is 0 Å². The van der Waals surface area contributed by atoms with Gasteiger partial charge in [-0.05, 0) is 0 Å². The van der Waals surface area contributed by atoms with Crippen molar-refractivity contribution in [3.63, 3.8) is 0 Å². The molecule has 0 saturated heterocycles. The summed E-state index contributed by atoms with van der Waals surface area (Å²) >= 11 is 3.71. The van der Waals surface area contributed by atoms with Crippen molar-refractivity contribution < 1.29 is 0 Å². The summed E-state index contributed by atoms with van der Waals surface area (Å²) in [7, 11) is 1.96. The second-order valence-corrected chi connectivity index (χ2v) is 10.5. The van der Waals surface area contributed by atoms with Crippen LogP contribution < -0.4 is 5.32 Å². The van der Waals surface area contributed by atoms with Gasteiger partial charge in [-0.25, -0.2) is 0 Å². The Kier molecular flexibility index (Phi) is 10.4. The van der Waals surface area contributed by atoms with Crippen LogP contribution in [0.15, 0.2) is 10.3 Å². The van der Waals surface area contributed by atoms with Gasteiger partial charge >= 0.3 is 102 Å². The standard InChI is InChI=1S/C11H22INS/c1-4-6-7-8-12(9-10-13-3)11(14)5-2/h9-11,13H,1,4-8H2,2-3H3/p+1/b10-9-/t11-/m1/s1. The van der Waals surface area contributed by atoms with E-state index in [9.17, 15) is 0 Å². The molecule has 0 fully saturated rings. The zero-order valence-corrected chi connectivity index (χ0v) is 12.4. The topological polar surface area (TPSA) is 12.0 Å². The molecule has 0 unspecified atom stereocenters. The van der Waals surface area contributed by atoms with Gasteiger partial charge < -0.3 is 0 Å². The van der Waals surface area contributed by atoms with Crippen molar-refractivity contribution in [3.8, 4) is 0 Å². The summed E-state index contributed by atoms with van der Waals surface area (Å²) < 4.78 is 4.43. The van der Waals surface area contributed by atoms with E-state index >= 15 is 0 Å². The molecule has 1 atom stereocenters. The normalized spacial score (nSPS) is 14.4.